The molecule has 0 fully saturated rings. The van der Waals surface area contributed by atoms with Crippen molar-refractivity contribution in [2.24, 2.45) is 11.0 Å². The smallest absolute Gasteiger partial charge is 0.288 e. The van der Waals surface area contributed by atoms with E-state index < -0.39 is 22.8 Å². The fraction of sp³-hybridized carbons (Fsp3) is 0.250. The standard InChI is InChI=1S/C20H19ClN4O6/c1-11(2)18(23-19(26)13-4-6-16-17(8-13)31-10-30-16)20(27)24-22-9-12-3-5-14(21)15(7-12)25(28)29/h3-9,11,18H,10H2,1-2H3,(H,23,26)(H,24,27)/b22-9+. The number of nitrogens with one attached hydrogen (secondary N) is 2. The minimum atomic E-state index is -0.866. The van der Waals surface area contributed by atoms with Crippen molar-refractivity contribution >= 4 is 35.3 Å². The van der Waals surface area contributed by atoms with E-state index in [-0.39, 0.29) is 23.4 Å². The molecule has 0 spiro atoms. The molecule has 2 amide bonds. The maximum absolute atomic E-state index is 12.6. The Hall–Kier alpha value is -3.66. The molecule has 1 unspecified atom stereocenters. The highest BCUT2D eigenvalue weighted by atomic mass is 35.5. The average Bonchev–Trinajstić information content (AvgIpc) is 3.20. The number of carbonyl (C=O) groups is 2. The van der Waals surface area contributed by atoms with E-state index in [0.29, 0.717) is 22.6 Å². The molecule has 0 radical (unpaired) electrons. The number of hydrogen-bond acceptors (Lipinski definition) is 7. The Bertz CT molecular complexity index is 1060. The lowest BCUT2D eigenvalue weighted by molar-refractivity contribution is -0.384. The van der Waals surface area contributed by atoms with E-state index in [2.05, 4.69) is 15.8 Å². The van der Waals surface area contributed by atoms with Gasteiger partial charge >= 0.3 is 0 Å². The fourth-order valence-corrected chi connectivity index (χ4v) is 2.97. The number of hydrazone groups is 1. The molecule has 0 aromatic heterocycles. The summed E-state index contributed by atoms with van der Waals surface area (Å²) in [6, 6.07) is 7.99. The highest BCUT2D eigenvalue weighted by Gasteiger charge is 2.25. The van der Waals surface area contributed by atoms with Gasteiger partial charge in [-0.25, -0.2) is 5.43 Å². The van der Waals surface area contributed by atoms with Crippen molar-refractivity contribution in [2.75, 3.05) is 6.79 Å². The van der Waals surface area contributed by atoms with Crippen molar-refractivity contribution in [3.63, 3.8) is 0 Å². The number of nitro benzene ring substituents is 1. The van der Waals surface area contributed by atoms with Gasteiger partial charge in [-0.05, 0) is 30.2 Å². The third-order valence-corrected chi connectivity index (χ3v) is 4.75. The molecule has 1 atom stereocenters. The van der Waals surface area contributed by atoms with Crippen LogP contribution in [-0.2, 0) is 4.79 Å². The SMILES string of the molecule is CC(C)C(NC(=O)c1ccc2c(c1)OCO2)C(=O)N/N=C/c1ccc(Cl)c([N+](=O)[O-])c1. The summed E-state index contributed by atoms with van der Waals surface area (Å²) in [5.41, 5.74) is 2.77. The van der Waals surface area contributed by atoms with Crippen LogP contribution in [0.4, 0.5) is 5.69 Å². The zero-order chi connectivity index (χ0) is 22.5. The first-order valence-corrected chi connectivity index (χ1v) is 9.61. The van der Waals surface area contributed by atoms with Crippen LogP contribution in [0.5, 0.6) is 11.5 Å². The van der Waals surface area contributed by atoms with Gasteiger partial charge in [0, 0.05) is 17.2 Å². The average molecular weight is 447 g/mol. The number of nitro groups is 1. The molecule has 162 valence electrons. The minimum Gasteiger partial charge on any atom is -0.454 e. The Morgan fingerprint density at radius 1 is 1.19 bits per heavy atom. The zero-order valence-electron chi connectivity index (χ0n) is 16.6. The monoisotopic (exact) mass is 446 g/mol. The molecule has 3 rings (SSSR count). The molecule has 31 heavy (non-hydrogen) atoms. The van der Waals surface area contributed by atoms with Crippen molar-refractivity contribution < 1.29 is 24.0 Å². The Balaban J connectivity index is 1.65. The zero-order valence-corrected chi connectivity index (χ0v) is 17.4. The van der Waals surface area contributed by atoms with Gasteiger partial charge in [-0.3, -0.25) is 19.7 Å². The largest absolute Gasteiger partial charge is 0.454 e. The fourth-order valence-electron chi connectivity index (χ4n) is 2.79. The van der Waals surface area contributed by atoms with Crippen LogP contribution in [0.15, 0.2) is 41.5 Å². The van der Waals surface area contributed by atoms with Gasteiger partial charge in [-0.2, -0.15) is 5.10 Å². The van der Waals surface area contributed by atoms with E-state index in [4.69, 9.17) is 21.1 Å². The maximum Gasteiger partial charge on any atom is 0.288 e. The summed E-state index contributed by atoms with van der Waals surface area (Å²) >= 11 is 5.77. The summed E-state index contributed by atoms with van der Waals surface area (Å²) in [5, 5.41) is 17.5. The van der Waals surface area contributed by atoms with E-state index in [0.717, 1.165) is 0 Å². The maximum atomic E-state index is 12.6. The normalized spacial score (nSPS) is 13.3. The molecule has 11 heteroatoms. The predicted octanol–water partition coefficient (Wildman–Crippen LogP) is 2.88. The molecule has 0 bridgehead atoms. The van der Waals surface area contributed by atoms with E-state index in [1.165, 1.54) is 24.4 Å². The molecular weight excluding hydrogens is 428 g/mol. The summed E-state index contributed by atoms with van der Waals surface area (Å²) in [4.78, 5) is 35.5. The first kappa shape index (κ1) is 22.0. The Labute approximate surface area is 182 Å². The second-order valence-electron chi connectivity index (χ2n) is 6.97. The number of halogens is 1. The Kier molecular flexibility index (Phi) is 6.71. The van der Waals surface area contributed by atoms with Crippen LogP contribution in [0.25, 0.3) is 0 Å². The van der Waals surface area contributed by atoms with Gasteiger partial charge in [0.25, 0.3) is 17.5 Å². The molecule has 0 aliphatic carbocycles. The molecule has 0 saturated heterocycles. The molecule has 2 aromatic carbocycles. The van der Waals surface area contributed by atoms with Crippen LogP contribution in [-0.4, -0.2) is 35.8 Å². The number of ether oxygens (including phenoxy) is 2. The Morgan fingerprint density at radius 2 is 1.94 bits per heavy atom. The van der Waals surface area contributed by atoms with Crippen LogP contribution in [0.1, 0.15) is 29.8 Å². The van der Waals surface area contributed by atoms with E-state index in [9.17, 15) is 19.7 Å². The van der Waals surface area contributed by atoms with Gasteiger partial charge in [0.15, 0.2) is 11.5 Å². The van der Waals surface area contributed by atoms with Gasteiger partial charge < -0.3 is 14.8 Å². The first-order chi connectivity index (χ1) is 14.8. The third-order valence-electron chi connectivity index (χ3n) is 4.43. The molecule has 1 heterocycles. The van der Waals surface area contributed by atoms with E-state index in [1.54, 1.807) is 32.0 Å². The summed E-state index contributed by atoms with van der Waals surface area (Å²) in [6.07, 6.45) is 1.25. The van der Waals surface area contributed by atoms with Gasteiger partial charge in [0.1, 0.15) is 11.1 Å². The van der Waals surface area contributed by atoms with Crippen molar-refractivity contribution in [2.45, 2.75) is 19.9 Å². The molecule has 2 aromatic rings. The lowest BCUT2D eigenvalue weighted by Gasteiger charge is -2.20. The van der Waals surface area contributed by atoms with Gasteiger partial charge in [-0.15, -0.1) is 0 Å². The highest BCUT2D eigenvalue weighted by Crippen LogP contribution is 2.32. The summed E-state index contributed by atoms with van der Waals surface area (Å²) < 4.78 is 10.5. The highest BCUT2D eigenvalue weighted by molar-refractivity contribution is 6.32. The molecule has 10 nitrogen and oxygen atoms in total. The quantitative estimate of drug-likeness (QED) is 0.382. The number of hydrogen-bond donors (Lipinski definition) is 2. The summed E-state index contributed by atoms with van der Waals surface area (Å²) in [6.45, 7) is 3.64. The van der Waals surface area contributed by atoms with Crippen molar-refractivity contribution in [3.05, 3.63) is 62.7 Å². The number of amides is 2. The third kappa shape index (κ3) is 5.28. The number of benzene rings is 2. The van der Waals surface area contributed by atoms with Crippen LogP contribution >= 0.6 is 11.6 Å². The second kappa shape index (κ2) is 9.43. The number of nitrogens with zero attached hydrogens (tertiary/aromatic N) is 2. The van der Waals surface area contributed by atoms with Gasteiger partial charge in [-0.1, -0.05) is 31.5 Å². The lowest BCUT2D eigenvalue weighted by atomic mass is 10.0. The predicted molar refractivity (Wildman–Crippen MR) is 113 cm³/mol. The number of fused-ring (bicyclic) bond motifs is 1. The van der Waals surface area contributed by atoms with Gasteiger partial charge in [0.05, 0.1) is 11.1 Å². The second-order valence-corrected chi connectivity index (χ2v) is 7.37. The van der Waals surface area contributed by atoms with Crippen LogP contribution < -0.4 is 20.2 Å². The molecule has 2 N–H and O–H groups in total. The topological polar surface area (TPSA) is 132 Å². The van der Waals surface area contributed by atoms with Crippen molar-refractivity contribution in [1.82, 2.24) is 10.7 Å². The van der Waals surface area contributed by atoms with Crippen molar-refractivity contribution in [1.29, 1.82) is 0 Å². The Morgan fingerprint density at radius 3 is 2.65 bits per heavy atom. The number of rotatable bonds is 7. The van der Waals surface area contributed by atoms with Crippen molar-refractivity contribution in [3.8, 4) is 11.5 Å². The minimum absolute atomic E-state index is 0.00251. The van der Waals surface area contributed by atoms with Crippen LogP contribution in [0, 0.1) is 16.0 Å². The molecule has 1 aliphatic heterocycles. The van der Waals surface area contributed by atoms with E-state index in [1.807, 2.05) is 0 Å². The molecule has 0 saturated carbocycles. The summed E-state index contributed by atoms with van der Waals surface area (Å²) in [5.74, 6) is -0.218. The first-order valence-electron chi connectivity index (χ1n) is 9.23. The van der Waals surface area contributed by atoms with E-state index >= 15 is 0 Å². The van der Waals surface area contributed by atoms with Crippen LogP contribution in [0.2, 0.25) is 5.02 Å². The van der Waals surface area contributed by atoms with Gasteiger partial charge in [0.2, 0.25) is 6.79 Å². The summed E-state index contributed by atoms with van der Waals surface area (Å²) in [7, 11) is 0. The van der Waals surface area contributed by atoms with Crippen LogP contribution in [0.3, 0.4) is 0 Å². The lowest BCUT2D eigenvalue weighted by Crippen LogP contribution is -2.48. The number of carbonyl (C=O) groups excluding carboxylic acids is 2. The molecular formula is C20H19ClN4O6. The molecule has 1 aliphatic rings.